The van der Waals surface area contributed by atoms with E-state index in [0.717, 1.165) is 11.1 Å². The Bertz CT molecular complexity index is 615. The third kappa shape index (κ3) is 3.81. The maximum absolute atomic E-state index is 12.3. The molecule has 0 aliphatic carbocycles. The third-order valence-corrected chi connectivity index (χ3v) is 5.18. The Kier molecular flexibility index (Phi) is 4.97. The van der Waals surface area contributed by atoms with Gasteiger partial charge in [0, 0.05) is 13.1 Å². The summed E-state index contributed by atoms with van der Waals surface area (Å²) in [5, 5.41) is 9.08. The van der Waals surface area contributed by atoms with Gasteiger partial charge >= 0.3 is 5.97 Å². The van der Waals surface area contributed by atoms with Crippen LogP contribution in [0.3, 0.4) is 0 Å². The predicted octanol–water partition coefficient (Wildman–Crippen LogP) is 1.13. The van der Waals surface area contributed by atoms with E-state index >= 15 is 0 Å². The fraction of sp³-hybridized carbons (Fsp3) is 0.500. The van der Waals surface area contributed by atoms with Gasteiger partial charge in [-0.2, -0.15) is 17.4 Å². The predicted molar refractivity (Wildman–Crippen MR) is 78.9 cm³/mol. The largest absolute Gasteiger partial charge is 0.480 e. The van der Waals surface area contributed by atoms with E-state index in [-0.39, 0.29) is 13.0 Å². The minimum atomic E-state index is -3.79. The maximum Gasteiger partial charge on any atom is 0.321 e. The number of carboxylic acid groups (broad SMARTS) is 1. The minimum Gasteiger partial charge on any atom is -0.480 e. The van der Waals surface area contributed by atoms with Crippen LogP contribution < -0.4 is 4.72 Å². The van der Waals surface area contributed by atoms with Crippen molar-refractivity contribution in [2.24, 2.45) is 0 Å². The van der Waals surface area contributed by atoms with Crippen LogP contribution in [0.4, 0.5) is 0 Å². The van der Waals surface area contributed by atoms with Crippen LogP contribution in [-0.2, 0) is 28.0 Å². The summed E-state index contributed by atoms with van der Waals surface area (Å²) >= 11 is 0. The van der Waals surface area contributed by atoms with Crippen LogP contribution in [0, 0.1) is 0 Å². The molecule has 1 aromatic rings. The van der Waals surface area contributed by atoms with Gasteiger partial charge in [0.1, 0.15) is 6.04 Å². The van der Waals surface area contributed by atoms with E-state index in [1.54, 1.807) is 0 Å². The van der Waals surface area contributed by atoms with Crippen molar-refractivity contribution >= 4 is 16.2 Å². The standard InChI is InChI=1S/C14H20N2O4S/c1-2-5-13(14(17)18)15-21(19,20)16-9-8-11-6-3-4-7-12(11)10-16/h3-4,6-7,13,15H,2,5,8-10H2,1H3,(H,17,18)/t13-/m1/s1. The zero-order valence-electron chi connectivity index (χ0n) is 11.9. The summed E-state index contributed by atoms with van der Waals surface area (Å²) in [7, 11) is -3.79. The second-order valence-electron chi connectivity index (χ2n) is 5.15. The Morgan fingerprint density at radius 2 is 2.05 bits per heavy atom. The monoisotopic (exact) mass is 312 g/mol. The molecular weight excluding hydrogens is 292 g/mol. The summed E-state index contributed by atoms with van der Waals surface area (Å²) in [5.74, 6) is -1.14. The van der Waals surface area contributed by atoms with Crippen molar-refractivity contribution in [1.82, 2.24) is 9.03 Å². The van der Waals surface area contributed by atoms with E-state index in [1.165, 1.54) is 4.31 Å². The second kappa shape index (κ2) is 6.55. The average molecular weight is 312 g/mol. The molecule has 1 aliphatic rings. The Hall–Kier alpha value is -1.44. The van der Waals surface area contributed by atoms with Gasteiger partial charge in [0.05, 0.1) is 0 Å². The number of benzene rings is 1. The van der Waals surface area contributed by atoms with Gasteiger partial charge in [-0.15, -0.1) is 0 Å². The number of hydrogen-bond donors (Lipinski definition) is 2. The summed E-state index contributed by atoms with van der Waals surface area (Å²) in [4.78, 5) is 11.1. The average Bonchev–Trinajstić information content (AvgIpc) is 2.46. The van der Waals surface area contributed by atoms with Gasteiger partial charge in [0.15, 0.2) is 0 Å². The molecule has 0 fully saturated rings. The van der Waals surface area contributed by atoms with Crippen molar-refractivity contribution in [3.8, 4) is 0 Å². The molecule has 2 rings (SSSR count). The number of hydrogen-bond acceptors (Lipinski definition) is 3. The maximum atomic E-state index is 12.3. The molecule has 0 bridgehead atoms. The van der Waals surface area contributed by atoms with Crippen molar-refractivity contribution in [3.63, 3.8) is 0 Å². The van der Waals surface area contributed by atoms with Gasteiger partial charge in [0.25, 0.3) is 10.2 Å². The summed E-state index contributed by atoms with van der Waals surface area (Å²) in [6.45, 7) is 2.47. The molecule has 116 valence electrons. The Morgan fingerprint density at radius 1 is 1.38 bits per heavy atom. The zero-order valence-corrected chi connectivity index (χ0v) is 12.8. The quantitative estimate of drug-likeness (QED) is 0.824. The number of nitrogens with zero attached hydrogens (tertiary/aromatic N) is 1. The van der Waals surface area contributed by atoms with Gasteiger partial charge in [-0.3, -0.25) is 4.79 Å². The van der Waals surface area contributed by atoms with Crippen LogP contribution >= 0.6 is 0 Å². The van der Waals surface area contributed by atoms with Crippen molar-refractivity contribution in [2.75, 3.05) is 6.54 Å². The Morgan fingerprint density at radius 3 is 2.67 bits per heavy atom. The fourth-order valence-corrected chi connectivity index (χ4v) is 3.82. The molecule has 1 heterocycles. The smallest absolute Gasteiger partial charge is 0.321 e. The lowest BCUT2D eigenvalue weighted by Gasteiger charge is -2.29. The van der Waals surface area contributed by atoms with E-state index in [2.05, 4.69) is 4.72 Å². The molecule has 0 spiro atoms. The first-order chi connectivity index (χ1) is 9.94. The number of carboxylic acids is 1. The topological polar surface area (TPSA) is 86.7 Å². The Labute approximate surface area is 125 Å². The molecule has 1 aliphatic heterocycles. The van der Waals surface area contributed by atoms with E-state index in [4.69, 9.17) is 5.11 Å². The van der Waals surface area contributed by atoms with E-state index in [9.17, 15) is 13.2 Å². The Balaban J connectivity index is 2.12. The molecule has 1 atom stereocenters. The van der Waals surface area contributed by atoms with Gasteiger partial charge in [-0.25, -0.2) is 0 Å². The van der Waals surface area contributed by atoms with Crippen molar-refractivity contribution in [3.05, 3.63) is 35.4 Å². The molecule has 0 saturated heterocycles. The molecule has 0 aromatic heterocycles. The van der Waals surface area contributed by atoms with Crippen molar-refractivity contribution in [1.29, 1.82) is 0 Å². The van der Waals surface area contributed by atoms with Gasteiger partial charge < -0.3 is 5.11 Å². The first-order valence-electron chi connectivity index (χ1n) is 7.01. The zero-order chi connectivity index (χ0) is 15.5. The molecule has 21 heavy (non-hydrogen) atoms. The first kappa shape index (κ1) is 15.9. The second-order valence-corrected chi connectivity index (χ2v) is 6.86. The summed E-state index contributed by atoms with van der Waals surface area (Å²) in [5.41, 5.74) is 2.11. The molecule has 0 amide bonds. The third-order valence-electron chi connectivity index (χ3n) is 3.60. The van der Waals surface area contributed by atoms with E-state index in [0.29, 0.717) is 19.4 Å². The van der Waals surface area contributed by atoms with Crippen LogP contribution in [0.15, 0.2) is 24.3 Å². The molecule has 6 nitrogen and oxygen atoms in total. The SMILES string of the molecule is CCC[C@@H](NS(=O)(=O)N1CCc2ccccc2C1)C(=O)O. The highest BCUT2D eigenvalue weighted by Gasteiger charge is 2.30. The van der Waals surface area contributed by atoms with Crippen LogP contribution in [0.2, 0.25) is 0 Å². The highest BCUT2D eigenvalue weighted by atomic mass is 32.2. The summed E-state index contributed by atoms with van der Waals surface area (Å²) in [6, 6.07) is 6.63. The highest BCUT2D eigenvalue weighted by Crippen LogP contribution is 2.20. The highest BCUT2D eigenvalue weighted by molar-refractivity contribution is 7.87. The number of fused-ring (bicyclic) bond motifs is 1. The molecule has 0 unspecified atom stereocenters. The van der Waals surface area contributed by atoms with E-state index < -0.39 is 22.2 Å². The normalized spacial score (nSPS) is 17.2. The molecule has 1 aromatic carbocycles. The van der Waals surface area contributed by atoms with Gasteiger partial charge in [-0.05, 0) is 24.0 Å². The summed E-state index contributed by atoms with van der Waals surface area (Å²) < 4.78 is 28.3. The van der Waals surface area contributed by atoms with Crippen LogP contribution in [0.5, 0.6) is 0 Å². The van der Waals surface area contributed by atoms with Crippen molar-refractivity contribution < 1.29 is 18.3 Å². The first-order valence-corrected chi connectivity index (χ1v) is 8.45. The van der Waals surface area contributed by atoms with Crippen LogP contribution in [0.25, 0.3) is 0 Å². The molecule has 0 saturated carbocycles. The minimum absolute atomic E-state index is 0.277. The number of carbonyl (C=O) groups is 1. The molecule has 7 heteroatoms. The molecule has 2 N–H and O–H groups in total. The van der Waals surface area contributed by atoms with Crippen LogP contribution in [-0.4, -0.2) is 36.4 Å². The lowest BCUT2D eigenvalue weighted by atomic mass is 10.0. The van der Waals surface area contributed by atoms with E-state index in [1.807, 2.05) is 31.2 Å². The number of nitrogens with one attached hydrogen (secondary N) is 1. The van der Waals surface area contributed by atoms with Gasteiger partial charge in [0.2, 0.25) is 0 Å². The molecular formula is C14H20N2O4S. The van der Waals surface area contributed by atoms with Crippen LogP contribution in [0.1, 0.15) is 30.9 Å². The molecule has 0 radical (unpaired) electrons. The number of aliphatic carboxylic acids is 1. The lowest BCUT2D eigenvalue weighted by molar-refractivity contribution is -0.139. The lowest BCUT2D eigenvalue weighted by Crippen LogP contribution is -2.49. The fourth-order valence-electron chi connectivity index (χ4n) is 2.45. The number of rotatable bonds is 6. The van der Waals surface area contributed by atoms with Gasteiger partial charge in [-0.1, -0.05) is 37.6 Å². The van der Waals surface area contributed by atoms with Crippen molar-refractivity contribution in [2.45, 2.75) is 38.8 Å². The summed E-state index contributed by atoms with van der Waals surface area (Å²) in [6.07, 6.45) is 1.52.